The van der Waals surface area contributed by atoms with Gasteiger partial charge >= 0.3 is 5.97 Å². The van der Waals surface area contributed by atoms with Crippen LogP contribution < -0.4 is 4.90 Å². The summed E-state index contributed by atoms with van der Waals surface area (Å²) in [5, 5.41) is 18.4. The standard InChI is InChI=1S/C11H13NO3/c1-12-9(11(14)15)5-3-7-2-4-8(13)6-10(7)12/h2,4,6,9,13H,3,5H2,1H3,(H,14,15). The number of phenols is 1. The number of rotatable bonds is 1. The van der Waals surface area contributed by atoms with Gasteiger partial charge in [0.25, 0.3) is 0 Å². The van der Waals surface area contributed by atoms with Crippen molar-refractivity contribution in [3.05, 3.63) is 23.8 Å². The highest BCUT2D eigenvalue weighted by Gasteiger charge is 2.28. The number of likely N-dealkylation sites (N-methyl/N-ethyl adjacent to an activating group) is 1. The molecule has 0 fully saturated rings. The lowest BCUT2D eigenvalue weighted by Crippen LogP contribution is -2.41. The molecule has 4 nitrogen and oxygen atoms in total. The first kappa shape index (κ1) is 9.83. The van der Waals surface area contributed by atoms with Crippen LogP contribution >= 0.6 is 0 Å². The Morgan fingerprint density at radius 2 is 2.27 bits per heavy atom. The van der Waals surface area contributed by atoms with Crippen LogP contribution in [0, 0.1) is 0 Å². The number of carboxylic acid groups (broad SMARTS) is 1. The molecule has 0 bridgehead atoms. The number of carboxylic acids is 1. The third kappa shape index (κ3) is 1.63. The molecule has 1 unspecified atom stereocenters. The second-order valence-electron chi connectivity index (χ2n) is 3.82. The predicted octanol–water partition coefficient (Wildman–Crippen LogP) is 1.23. The maximum Gasteiger partial charge on any atom is 0.326 e. The number of benzene rings is 1. The topological polar surface area (TPSA) is 60.8 Å². The second-order valence-corrected chi connectivity index (χ2v) is 3.82. The molecule has 1 aromatic carbocycles. The van der Waals surface area contributed by atoms with Crippen LogP contribution in [0.25, 0.3) is 0 Å². The summed E-state index contributed by atoms with van der Waals surface area (Å²) in [5.41, 5.74) is 1.90. The molecule has 1 aliphatic rings. The third-order valence-electron chi connectivity index (χ3n) is 2.89. The molecular formula is C11H13NO3. The molecular weight excluding hydrogens is 194 g/mol. The Bertz CT molecular complexity index is 403. The van der Waals surface area contributed by atoms with E-state index in [4.69, 9.17) is 5.11 Å². The van der Waals surface area contributed by atoms with E-state index in [1.54, 1.807) is 24.1 Å². The minimum absolute atomic E-state index is 0.173. The van der Waals surface area contributed by atoms with Gasteiger partial charge in [0.05, 0.1) is 0 Å². The molecule has 2 rings (SSSR count). The van der Waals surface area contributed by atoms with Crippen LogP contribution in [0.3, 0.4) is 0 Å². The van der Waals surface area contributed by atoms with Crippen LogP contribution in [0.1, 0.15) is 12.0 Å². The van der Waals surface area contributed by atoms with Crippen LogP contribution in [0.2, 0.25) is 0 Å². The van der Waals surface area contributed by atoms with Crippen molar-refractivity contribution in [2.24, 2.45) is 0 Å². The van der Waals surface area contributed by atoms with Gasteiger partial charge in [0.15, 0.2) is 0 Å². The van der Waals surface area contributed by atoms with Gasteiger partial charge in [-0.3, -0.25) is 0 Å². The van der Waals surface area contributed by atoms with Crippen molar-refractivity contribution in [3.63, 3.8) is 0 Å². The van der Waals surface area contributed by atoms with Gasteiger partial charge in [-0.15, -0.1) is 0 Å². The van der Waals surface area contributed by atoms with Gasteiger partial charge in [0.2, 0.25) is 0 Å². The molecule has 1 aromatic rings. The Balaban J connectivity index is 2.40. The Morgan fingerprint density at radius 1 is 1.53 bits per heavy atom. The smallest absolute Gasteiger partial charge is 0.326 e. The van der Waals surface area contributed by atoms with Gasteiger partial charge in [-0.25, -0.2) is 4.79 Å². The molecule has 80 valence electrons. The lowest BCUT2D eigenvalue weighted by atomic mass is 9.96. The zero-order valence-corrected chi connectivity index (χ0v) is 8.47. The number of aromatic hydroxyl groups is 1. The highest BCUT2D eigenvalue weighted by Crippen LogP contribution is 2.32. The molecule has 0 aromatic heterocycles. The van der Waals surface area contributed by atoms with Crippen LogP contribution in [-0.4, -0.2) is 29.3 Å². The minimum atomic E-state index is -0.813. The van der Waals surface area contributed by atoms with Crippen LogP contribution in [0.5, 0.6) is 5.75 Å². The number of phenolic OH excluding ortho intramolecular Hbond substituents is 1. The second kappa shape index (κ2) is 3.46. The summed E-state index contributed by atoms with van der Waals surface area (Å²) in [6, 6.07) is 4.61. The lowest BCUT2D eigenvalue weighted by Gasteiger charge is -2.33. The van der Waals surface area contributed by atoms with Crippen LogP contribution in [0.4, 0.5) is 5.69 Å². The van der Waals surface area contributed by atoms with Crippen molar-refractivity contribution in [2.75, 3.05) is 11.9 Å². The Hall–Kier alpha value is -1.71. The van der Waals surface area contributed by atoms with Crippen molar-refractivity contribution in [2.45, 2.75) is 18.9 Å². The van der Waals surface area contributed by atoms with Gasteiger partial charge in [-0.05, 0) is 24.5 Å². The zero-order valence-electron chi connectivity index (χ0n) is 8.47. The van der Waals surface area contributed by atoms with Crippen molar-refractivity contribution in [1.29, 1.82) is 0 Å². The predicted molar refractivity (Wildman–Crippen MR) is 56.3 cm³/mol. The average molecular weight is 207 g/mol. The van der Waals surface area contributed by atoms with Gasteiger partial charge in [-0.2, -0.15) is 0 Å². The first-order valence-electron chi connectivity index (χ1n) is 4.87. The summed E-state index contributed by atoms with van der Waals surface area (Å²) in [4.78, 5) is 12.7. The molecule has 1 aliphatic heterocycles. The van der Waals surface area contributed by atoms with Crippen molar-refractivity contribution < 1.29 is 15.0 Å². The molecule has 0 radical (unpaired) electrons. The van der Waals surface area contributed by atoms with Crippen molar-refractivity contribution >= 4 is 11.7 Å². The average Bonchev–Trinajstić information content (AvgIpc) is 2.19. The largest absolute Gasteiger partial charge is 0.508 e. The van der Waals surface area contributed by atoms with Crippen LogP contribution in [0.15, 0.2) is 18.2 Å². The van der Waals surface area contributed by atoms with E-state index in [9.17, 15) is 9.90 Å². The molecule has 0 aliphatic carbocycles. The molecule has 1 atom stereocenters. The fourth-order valence-corrected chi connectivity index (χ4v) is 2.03. The SMILES string of the molecule is CN1c2cc(O)ccc2CCC1C(=O)O. The lowest BCUT2D eigenvalue weighted by molar-refractivity contribution is -0.138. The first-order valence-corrected chi connectivity index (χ1v) is 4.87. The first-order chi connectivity index (χ1) is 7.09. The maximum atomic E-state index is 11.0. The molecule has 0 saturated carbocycles. The number of fused-ring (bicyclic) bond motifs is 1. The molecule has 2 N–H and O–H groups in total. The van der Waals surface area contributed by atoms with Gasteiger partial charge in [0, 0.05) is 18.8 Å². The summed E-state index contributed by atoms with van der Waals surface area (Å²) in [7, 11) is 1.75. The van der Waals surface area contributed by atoms with Gasteiger partial charge < -0.3 is 15.1 Å². The van der Waals surface area contributed by atoms with Crippen LogP contribution in [-0.2, 0) is 11.2 Å². The minimum Gasteiger partial charge on any atom is -0.508 e. The number of nitrogens with zero attached hydrogens (tertiary/aromatic N) is 1. The molecule has 0 spiro atoms. The Kier molecular flexibility index (Phi) is 2.26. The van der Waals surface area contributed by atoms with E-state index >= 15 is 0 Å². The summed E-state index contributed by atoms with van der Waals surface area (Å²) >= 11 is 0. The highest BCUT2D eigenvalue weighted by atomic mass is 16.4. The van der Waals surface area contributed by atoms with E-state index in [0.717, 1.165) is 17.7 Å². The monoisotopic (exact) mass is 207 g/mol. The van der Waals surface area contributed by atoms with E-state index < -0.39 is 12.0 Å². The normalized spacial score (nSPS) is 19.8. The number of hydrogen-bond acceptors (Lipinski definition) is 3. The highest BCUT2D eigenvalue weighted by molar-refractivity contribution is 5.80. The number of aryl methyl sites for hydroxylation is 1. The van der Waals surface area contributed by atoms with E-state index in [2.05, 4.69) is 0 Å². The molecule has 1 heterocycles. The molecule has 15 heavy (non-hydrogen) atoms. The number of anilines is 1. The summed E-state index contributed by atoms with van der Waals surface area (Å²) < 4.78 is 0. The Labute approximate surface area is 87.8 Å². The third-order valence-corrected chi connectivity index (χ3v) is 2.89. The number of aliphatic carboxylic acids is 1. The molecule has 0 saturated heterocycles. The molecule has 0 amide bonds. The quantitative estimate of drug-likeness (QED) is 0.727. The fraction of sp³-hybridized carbons (Fsp3) is 0.364. The van der Waals surface area contributed by atoms with Crippen molar-refractivity contribution in [3.8, 4) is 5.75 Å². The van der Waals surface area contributed by atoms with Gasteiger partial charge in [0.1, 0.15) is 11.8 Å². The van der Waals surface area contributed by atoms with E-state index in [1.807, 2.05) is 6.07 Å². The van der Waals surface area contributed by atoms with E-state index in [-0.39, 0.29) is 5.75 Å². The summed E-state index contributed by atoms with van der Waals surface area (Å²) in [5.74, 6) is -0.641. The number of hydrogen-bond donors (Lipinski definition) is 2. The molecule has 4 heteroatoms. The maximum absolute atomic E-state index is 11.0. The summed E-state index contributed by atoms with van der Waals surface area (Å²) in [6.45, 7) is 0. The fourth-order valence-electron chi connectivity index (χ4n) is 2.03. The zero-order chi connectivity index (χ0) is 11.0. The summed E-state index contributed by atoms with van der Waals surface area (Å²) in [6.07, 6.45) is 1.36. The van der Waals surface area contributed by atoms with Gasteiger partial charge in [-0.1, -0.05) is 6.07 Å². The van der Waals surface area contributed by atoms with E-state index in [1.165, 1.54) is 0 Å². The van der Waals surface area contributed by atoms with Crippen molar-refractivity contribution in [1.82, 2.24) is 0 Å². The Morgan fingerprint density at radius 3 is 2.93 bits per heavy atom. The van der Waals surface area contributed by atoms with E-state index in [0.29, 0.717) is 6.42 Å². The number of carbonyl (C=O) groups is 1.